The van der Waals surface area contributed by atoms with Gasteiger partial charge in [0.25, 0.3) is 11.7 Å². The molecular formula is C8H12O5. The zero-order chi connectivity index (χ0) is 10.3. The van der Waals surface area contributed by atoms with Crippen LogP contribution in [0.25, 0.3) is 0 Å². The van der Waals surface area contributed by atoms with E-state index in [1.807, 2.05) is 0 Å². The summed E-state index contributed by atoms with van der Waals surface area (Å²) < 4.78 is 8.91. The van der Waals surface area contributed by atoms with Gasteiger partial charge in [-0.25, -0.2) is 4.79 Å². The van der Waals surface area contributed by atoms with E-state index in [-0.39, 0.29) is 13.2 Å². The van der Waals surface area contributed by atoms with Gasteiger partial charge in [-0.05, 0) is 13.8 Å². The monoisotopic (exact) mass is 188 g/mol. The third kappa shape index (κ3) is 4.84. The molecule has 0 aliphatic rings. The summed E-state index contributed by atoms with van der Waals surface area (Å²) in [5, 5.41) is 8.85. The summed E-state index contributed by atoms with van der Waals surface area (Å²) in [4.78, 5) is 21.5. The standard InChI is InChI=1S/C8H12O5/c1-3-12-7(10)5-6(9)8(11)13-4-2/h5,10H,3-4H2,1-2H3/b7-5+. The highest BCUT2D eigenvalue weighted by Gasteiger charge is 2.13. The van der Waals surface area contributed by atoms with Crippen LogP contribution in [-0.2, 0) is 19.1 Å². The third-order valence-electron chi connectivity index (χ3n) is 1.02. The fraction of sp³-hybridized carbons (Fsp3) is 0.500. The molecule has 0 atom stereocenters. The van der Waals surface area contributed by atoms with Gasteiger partial charge in [0.15, 0.2) is 0 Å². The minimum atomic E-state index is -1.01. The predicted octanol–water partition coefficient (Wildman–Crippen LogP) is 0.555. The van der Waals surface area contributed by atoms with Crippen molar-refractivity contribution in [3.05, 3.63) is 12.0 Å². The van der Waals surface area contributed by atoms with Crippen molar-refractivity contribution in [2.75, 3.05) is 13.2 Å². The Labute approximate surface area is 75.9 Å². The van der Waals surface area contributed by atoms with Crippen LogP contribution >= 0.6 is 0 Å². The van der Waals surface area contributed by atoms with Crippen molar-refractivity contribution in [3.8, 4) is 0 Å². The molecule has 0 heterocycles. The first-order chi connectivity index (χ1) is 6.11. The van der Waals surface area contributed by atoms with E-state index in [4.69, 9.17) is 5.11 Å². The number of hydrogen-bond donors (Lipinski definition) is 1. The Kier molecular flexibility index (Phi) is 5.34. The summed E-state index contributed by atoms with van der Waals surface area (Å²) in [7, 11) is 0. The number of esters is 1. The maximum absolute atomic E-state index is 10.8. The largest absolute Gasteiger partial charge is 0.481 e. The van der Waals surface area contributed by atoms with E-state index in [1.54, 1.807) is 13.8 Å². The summed E-state index contributed by atoms with van der Waals surface area (Å²) in [6.07, 6.45) is 0.682. The molecule has 0 aromatic rings. The van der Waals surface area contributed by atoms with E-state index in [0.29, 0.717) is 6.08 Å². The molecule has 0 aliphatic carbocycles. The normalized spacial score (nSPS) is 10.8. The Morgan fingerprint density at radius 1 is 1.23 bits per heavy atom. The Hall–Kier alpha value is -1.52. The average Bonchev–Trinajstić information content (AvgIpc) is 2.05. The molecular weight excluding hydrogens is 176 g/mol. The summed E-state index contributed by atoms with van der Waals surface area (Å²) in [5.41, 5.74) is 0. The second-order valence-electron chi connectivity index (χ2n) is 2.00. The molecule has 0 saturated carbocycles. The van der Waals surface area contributed by atoms with Gasteiger partial charge in [-0.2, -0.15) is 0 Å². The lowest BCUT2D eigenvalue weighted by atomic mass is 10.4. The number of rotatable bonds is 5. The molecule has 0 bridgehead atoms. The molecule has 0 radical (unpaired) electrons. The van der Waals surface area contributed by atoms with E-state index in [9.17, 15) is 9.59 Å². The van der Waals surface area contributed by atoms with Crippen LogP contribution in [0.4, 0.5) is 0 Å². The van der Waals surface area contributed by atoms with Crippen LogP contribution in [0.15, 0.2) is 12.0 Å². The van der Waals surface area contributed by atoms with E-state index in [1.165, 1.54) is 0 Å². The van der Waals surface area contributed by atoms with Crippen LogP contribution in [0.3, 0.4) is 0 Å². The molecule has 5 heteroatoms. The molecule has 13 heavy (non-hydrogen) atoms. The lowest BCUT2D eigenvalue weighted by Crippen LogP contribution is -2.15. The van der Waals surface area contributed by atoms with Gasteiger partial charge in [0.1, 0.15) is 0 Å². The summed E-state index contributed by atoms with van der Waals surface area (Å²) in [6, 6.07) is 0. The molecule has 0 fully saturated rings. The highest BCUT2D eigenvalue weighted by molar-refractivity contribution is 6.38. The average molecular weight is 188 g/mol. The highest BCUT2D eigenvalue weighted by atomic mass is 16.6. The van der Waals surface area contributed by atoms with Crippen molar-refractivity contribution in [3.63, 3.8) is 0 Å². The number of carbonyl (C=O) groups is 2. The van der Waals surface area contributed by atoms with E-state index in [0.717, 1.165) is 0 Å². The number of aliphatic hydroxyl groups is 1. The number of carbonyl (C=O) groups excluding carboxylic acids is 2. The van der Waals surface area contributed by atoms with Crippen LogP contribution in [0.2, 0.25) is 0 Å². The lowest BCUT2D eigenvalue weighted by molar-refractivity contribution is -0.151. The predicted molar refractivity (Wildman–Crippen MR) is 44.0 cm³/mol. The van der Waals surface area contributed by atoms with Gasteiger partial charge in [0.05, 0.1) is 19.3 Å². The zero-order valence-electron chi connectivity index (χ0n) is 7.57. The van der Waals surface area contributed by atoms with E-state index in [2.05, 4.69) is 9.47 Å². The van der Waals surface area contributed by atoms with Gasteiger partial charge >= 0.3 is 5.97 Å². The maximum atomic E-state index is 10.8. The van der Waals surface area contributed by atoms with E-state index >= 15 is 0 Å². The summed E-state index contributed by atoms with van der Waals surface area (Å²) in [6.45, 7) is 3.56. The second kappa shape index (κ2) is 6.05. The van der Waals surface area contributed by atoms with Gasteiger partial charge in [-0.15, -0.1) is 0 Å². The van der Waals surface area contributed by atoms with Crippen molar-refractivity contribution in [2.45, 2.75) is 13.8 Å². The minimum absolute atomic E-state index is 0.119. The fourth-order valence-corrected chi connectivity index (χ4v) is 0.563. The van der Waals surface area contributed by atoms with Crippen molar-refractivity contribution in [2.24, 2.45) is 0 Å². The van der Waals surface area contributed by atoms with Crippen LogP contribution in [0, 0.1) is 0 Å². The van der Waals surface area contributed by atoms with Gasteiger partial charge in [0.2, 0.25) is 0 Å². The van der Waals surface area contributed by atoms with E-state index < -0.39 is 17.7 Å². The third-order valence-corrected chi connectivity index (χ3v) is 1.02. The molecule has 0 rings (SSSR count). The van der Waals surface area contributed by atoms with Crippen LogP contribution in [-0.4, -0.2) is 30.1 Å². The molecule has 0 saturated heterocycles. The van der Waals surface area contributed by atoms with Crippen LogP contribution in [0.1, 0.15) is 13.8 Å². The highest BCUT2D eigenvalue weighted by Crippen LogP contribution is 1.93. The smallest absolute Gasteiger partial charge is 0.379 e. The molecule has 0 spiro atoms. The number of hydrogen-bond acceptors (Lipinski definition) is 5. The molecule has 0 aliphatic heterocycles. The maximum Gasteiger partial charge on any atom is 0.379 e. The van der Waals surface area contributed by atoms with Gasteiger partial charge in [0, 0.05) is 0 Å². The first-order valence-electron chi connectivity index (χ1n) is 3.86. The lowest BCUT2D eigenvalue weighted by Gasteiger charge is -1.99. The Morgan fingerprint density at radius 2 is 1.77 bits per heavy atom. The topological polar surface area (TPSA) is 72.8 Å². The number of ketones is 1. The molecule has 0 aromatic heterocycles. The van der Waals surface area contributed by atoms with Crippen molar-refractivity contribution in [1.82, 2.24) is 0 Å². The Morgan fingerprint density at radius 3 is 2.23 bits per heavy atom. The Bertz CT molecular complexity index is 219. The summed E-state index contributed by atoms with van der Waals surface area (Å²) >= 11 is 0. The van der Waals surface area contributed by atoms with Crippen LogP contribution in [0.5, 0.6) is 0 Å². The number of ether oxygens (including phenoxy) is 2. The zero-order valence-corrected chi connectivity index (χ0v) is 7.57. The van der Waals surface area contributed by atoms with Crippen molar-refractivity contribution >= 4 is 11.8 Å². The minimum Gasteiger partial charge on any atom is -0.481 e. The molecule has 1 N–H and O–H groups in total. The van der Waals surface area contributed by atoms with Crippen LogP contribution < -0.4 is 0 Å². The van der Waals surface area contributed by atoms with Gasteiger partial charge in [-0.1, -0.05) is 0 Å². The van der Waals surface area contributed by atoms with Crippen molar-refractivity contribution in [1.29, 1.82) is 0 Å². The molecule has 0 unspecified atom stereocenters. The van der Waals surface area contributed by atoms with Gasteiger partial charge < -0.3 is 14.6 Å². The first kappa shape index (κ1) is 11.5. The van der Waals surface area contributed by atoms with Crippen molar-refractivity contribution < 1.29 is 24.2 Å². The molecule has 5 nitrogen and oxygen atoms in total. The quantitative estimate of drug-likeness (QED) is 0.295. The number of aliphatic hydroxyl groups excluding tert-OH is 1. The molecule has 74 valence electrons. The molecule has 0 amide bonds. The Balaban J connectivity index is 4.12. The summed E-state index contributed by atoms with van der Waals surface area (Å²) in [5.74, 6) is -2.53. The fourth-order valence-electron chi connectivity index (χ4n) is 0.563. The first-order valence-corrected chi connectivity index (χ1v) is 3.86. The SMILES string of the molecule is CCOC(=O)C(=O)/C=C(\O)OCC. The molecule has 0 aromatic carbocycles. The van der Waals surface area contributed by atoms with Gasteiger partial charge in [-0.3, -0.25) is 4.79 Å². The second-order valence-corrected chi connectivity index (χ2v) is 2.00.